The molecule has 0 aliphatic heterocycles. The number of aromatic nitrogens is 1. The van der Waals surface area contributed by atoms with E-state index in [1.807, 2.05) is 48.5 Å². The van der Waals surface area contributed by atoms with Gasteiger partial charge in [0.15, 0.2) is 0 Å². The van der Waals surface area contributed by atoms with Crippen molar-refractivity contribution in [1.29, 1.82) is 0 Å². The SMILES string of the molecule is COc1ccc(-c2c(C(=O)O)n(C)c3ccccc23)cc1. The van der Waals surface area contributed by atoms with Crippen molar-refractivity contribution in [3.8, 4) is 16.9 Å². The average molecular weight is 281 g/mol. The Bertz CT molecular complexity index is 816. The number of benzene rings is 2. The molecule has 0 spiro atoms. The van der Waals surface area contributed by atoms with Crippen LogP contribution in [0.5, 0.6) is 5.75 Å². The molecule has 0 saturated carbocycles. The van der Waals surface area contributed by atoms with Gasteiger partial charge in [-0.1, -0.05) is 30.3 Å². The number of aromatic carboxylic acids is 1. The molecule has 0 unspecified atom stereocenters. The second kappa shape index (κ2) is 4.98. The lowest BCUT2D eigenvalue weighted by Crippen LogP contribution is -2.05. The minimum atomic E-state index is -0.931. The van der Waals surface area contributed by atoms with Crippen molar-refractivity contribution >= 4 is 16.9 Å². The highest BCUT2D eigenvalue weighted by molar-refractivity contribution is 6.08. The van der Waals surface area contributed by atoms with E-state index in [0.29, 0.717) is 5.69 Å². The Morgan fingerprint density at radius 2 is 1.76 bits per heavy atom. The summed E-state index contributed by atoms with van der Waals surface area (Å²) in [6.07, 6.45) is 0. The van der Waals surface area contributed by atoms with E-state index in [1.165, 1.54) is 0 Å². The van der Waals surface area contributed by atoms with Gasteiger partial charge in [0.25, 0.3) is 0 Å². The zero-order chi connectivity index (χ0) is 15.0. The van der Waals surface area contributed by atoms with Gasteiger partial charge in [-0.25, -0.2) is 4.79 Å². The van der Waals surface area contributed by atoms with Crippen molar-refractivity contribution in [2.75, 3.05) is 7.11 Å². The third-order valence-electron chi connectivity index (χ3n) is 3.69. The maximum atomic E-state index is 11.7. The number of para-hydroxylation sites is 1. The van der Waals surface area contributed by atoms with Gasteiger partial charge < -0.3 is 14.4 Å². The first-order valence-corrected chi connectivity index (χ1v) is 6.58. The predicted octanol–water partition coefficient (Wildman–Crippen LogP) is 3.55. The fourth-order valence-corrected chi connectivity index (χ4v) is 2.69. The summed E-state index contributed by atoms with van der Waals surface area (Å²) in [4.78, 5) is 11.7. The lowest BCUT2D eigenvalue weighted by Gasteiger charge is -2.05. The number of ether oxygens (including phenoxy) is 1. The van der Waals surface area contributed by atoms with Gasteiger partial charge in [0.2, 0.25) is 0 Å². The second-order valence-corrected chi connectivity index (χ2v) is 4.83. The van der Waals surface area contributed by atoms with Crippen LogP contribution in [-0.2, 0) is 7.05 Å². The Balaban J connectivity index is 2.34. The third-order valence-corrected chi connectivity index (χ3v) is 3.69. The van der Waals surface area contributed by atoms with Crippen LogP contribution in [0, 0.1) is 0 Å². The number of fused-ring (bicyclic) bond motifs is 1. The lowest BCUT2D eigenvalue weighted by atomic mass is 10.0. The molecule has 0 aliphatic carbocycles. The van der Waals surface area contributed by atoms with Crippen LogP contribution < -0.4 is 4.74 Å². The summed E-state index contributed by atoms with van der Waals surface area (Å²) in [5.41, 5.74) is 2.80. The monoisotopic (exact) mass is 281 g/mol. The summed E-state index contributed by atoms with van der Waals surface area (Å²) in [5, 5.41) is 10.5. The zero-order valence-electron chi connectivity index (χ0n) is 11.8. The van der Waals surface area contributed by atoms with Gasteiger partial charge in [-0.3, -0.25) is 0 Å². The molecular formula is C17H15NO3. The highest BCUT2D eigenvalue weighted by atomic mass is 16.5. The maximum Gasteiger partial charge on any atom is 0.353 e. The van der Waals surface area contributed by atoms with Gasteiger partial charge in [-0.2, -0.15) is 0 Å². The molecule has 1 N–H and O–H groups in total. The fraction of sp³-hybridized carbons (Fsp3) is 0.118. The first kappa shape index (κ1) is 13.2. The van der Waals surface area contributed by atoms with Crippen LogP contribution in [0.2, 0.25) is 0 Å². The molecule has 1 aromatic heterocycles. The van der Waals surface area contributed by atoms with Gasteiger partial charge in [-0.15, -0.1) is 0 Å². The molecule has 3 rings (SSSR count). The van der Waals surface area contributed by atoms with Gasteiger partial charge in [0, 0.05) is 23.5 Å². The highest BCUT2D eigenvalue weighted by Crippen LogP contribution is 2.35. The summed E-state index contributed by atoms with van der Waals surface area (Å²) in [7, 11) is 3.38. The smallest absolute Gasteiger partial charge is 0.353 e. The Morgan fingerprint density at radius 1 is 1.10 bits per heavy atom. The number of carbonyl (C=O) groups is 1. The summed E-state index contributed by atoms with van der Waals surface area (Å²) >= 11 is 0. The normalized spacial score (nSPS) is 10.8. The van der Waals surface area contributed by atoms with Crippen molar-refractivity contribution in [1.82, 2.24) is 4.57 Å². The van der Waals surface area contributed by atoms with Crippen molar-refractivity contribution in [2.45, 2.75) is 0 Å². The molecule has 4 heteroatoms. The van der Waals surface area contributed by atoms with E-state index in [0.717, 1.165) is 27.8 Å². The fourth-order valence-electron chi connectivity index (χ4n) is 2.69. The van der Waals surface area contributed by atoms with E-state index in [4.69, 9.17) is 4.74 Å². The van der Waals surface area contributed by atoms with Crippen molar-refractivity contribution in [3.05, 3.63) is 54.2 Å². The predicted molar refractivity (Wildman–Crippen MR) is 81.9 cm³/mol. The number of carboxylic acid groups (broad SMARTS) is 1. The molecule has 0 saturated heterocycles. The molecule has 106 valence electrons. The van der Waals surface area contributed by atoms with Crippen LogP contribution in [0.1, 0.15) is 10.5 Å². The van der Waals surface area contributed by atoms with Crippen LogP contribution in [0.4, 0.5) is 0 Å². The van der Waals surface area contributed by atoms with Crippen molar-refractivity contribution < 1.29 is 14.6 Å². The molecule has 1 heterocycles. The quantitative estimate of drug-likeness (QED) is 0.798. The van der Waals surface area contributed by atoms with E-state index in [-0.39, 0.29) is 0 Å². The van der Waals surface area contributed by atoms with E-state index >= 15 is 0 Å². The minimum Gasteiger partial charge on any atom is -0.497 e. The maximum absolute atomic E-state index is 11.7. The van der Waals surface area contributed by atoms with Crippen LogP contribution >= 0.6 is 0 Å². The molecule has 0 aliphatic rings. The number of hydrogen-bond acceptors (Lipinski definition) is 2. The average Bonchev–Trinajstić information content (AvgIpc) is 2.81. The number of methoxy groups -OCH3 is 1. The number of rotatable bonds is 3. The molecule has 3 aromatic rings. The van der Waals surface area contributed by atoms with Gasteiger partial charge in [0.1, 0.15) is 11.4 Å². The second-order valence-electron chi connectivity index (χ2n) is 4.83. The topological polar surface area (TPSA) is 51.5 Å². The minimum absolute atomic E-state index is 0.293. The Hall–Kier alpha value is -2.75. The molecule has 0 atom stereocenters. The number of hydrogen-bond donors (Lipinski definition) is 1. The standard InChI is InChI=1S/C17H15NO3/c1-18-14-6-4-3-5-13(14)15(16(18)17(19)20)11-7-9-12(21-2)10-8-11/h3-10H,1-2H3,(H,19,20). The highest BCUT2D eigenvalue weighted by Gasteiger charge is 2.21. The van der Waals surface area contributed by atoms with Crippen LogP contribution in [0.3, 0.4) is 0 Å². The largest absolute Gasteiger partial charge is 0.497 e. The summed E-state index contributed by atoms with van der Waals surface area (Å²) < 4.78 is 6.87. The molecule has 0 fully saturated rings. The first-order chi connectivity index (χ1) is 10.1. The molecule has 0 radical (unpaired) electrons. The van der Waals surface area contributed by atoms with E-state index < -0.39 is 5.97 Å². The van der Waals surface area contributed by atoms with Crippen molar-refractivity contribution in [3.63, 3.8) is 0 Å². The number of nitrogens with zero attached hydrogens (tertiary/aromatic N) is 1. The van der Waals surface area contributed by atoms with Crippen LogP contribution in [0.25, 0.3) is 22.0 Å². The van der Waals surface area contributed by atoms with Gasteiger partial charge in [0.05, 0.1) is 7.11 Å². The Kier molecular flexibility index (Phi) is 3.14. The van der Waals surface area contributed by atoms with Crippen LogP contribution in [-0.4, -0.2) is 22.8 Å². The van der Waals surface area contributed by atoms with Crippen molar-refractivity contribution in [2.24, 2.45) is 7.05 Å². The molecule has 4 nitrogen and oxygen atoms in total. The zero-order valence-corrected chi connectivity index (χ0v) is 11.8. The van der Waals surface area contributed by atoms with Gasteiger partial charge >= 0.3 is 5.97 Å². The van der Waals surface area contributed by atoms with E-state index in [1.54, 1.807) is 18.7 Å². The molecule has 0 amide bonds. The third kappa shape index (κ3) is 2.05. The molecular weight excluding hydrogens is 266 g/mol. The van der Waals surface area contributed by atoms with E-state index in [2.05, 4.69) is 0 Å². The summed E-state index contributed by atoms with van der Waals surface area (Å²) in [5.74, 6) is -0.185. The Morgan fingerprint density at radius 3 is 2.38 bits per heavy atom. The van der Waals surface area contributed by atoms with Gasteiger partial charge in [-0.05, 0) is 23.8 Å². The number of carboxylic acids is 1. The molecule has 2 aromatic carbocycles. The number of aryl methyl sites for hydroxylation is 1. The lowest BCUT2D eigenvalue weighted by molar-refractivity contribution is 0.0688. The molecule has 0 bridgehead atoms. The first-order valence-electron chi connectivity index (χ1n) is 6.58. The molecule has 21 heavy (non-hydrogen) atoms. The summed E-state index contributed by atoms with van der Waals surface area (Å²) in [6.45, 7) is 0. The summed E-state index contributed by atoms with van der Waals surface area (Å²) in [6, 6.07) is 15.1. The van der Waals surface area contributed by atoms with E-state index in [9.17, 15) is 9.90 Å². The van der Waals surface area contributed by atoms with Crippen LogP contribution in [0.15, 0.2) is 48.5 Å². The Labute approximate surface area is 122 Å².